The minimum Gasteiger partial charge on any atom is -0.384 e. The predicted octanol–water partition coefficient (Wildman–Crippen LogP) is 0.913. The Balaban J connectivity index is 2.20. The first-order valence-electron chi connectivity index (χ1n) is 5.71. The van der Waals surface area contributed by atoms with Gasteiger partial charge in [0.05, 0.1) is 30.9 Å². The molecule has 17 heavy (non-hydrogen) atoms. The Bertz CT molecular complexity index is 395. The molecule has 0 radical (unpaired) electrons. The van der Waals surface area contributed by atoms with Crippen molar-refractivity contribution in [1.29, 1.82) is 0 Å². The van der Waals surface area contributed by atoms with Crippen LogP contribution in [0.2, 0.25) is 0 Å². The molecule has 0 aliphatic carbocycles. The second kappa shape index (κ2) is 4.71. The van der Waals surface area contributed by atoms with Crippen LogP contribution in [0.25, 0.3) is 0 Å². The molecule has 5 heteroatoms. The summed E-state index contributed by atoms with van der Waals surface area (Å²) in [4.78, 5) is 18.1. The number of aromatic nitrogens is 1. The Morgan fingerprint density at radius 2 is 2.06 bits per heavy atom. The number of nitrogens with two attached hydrogens (primary N) is 1. The number of morpholine rings is 1. The van der Waals surface area contributed by atoms with Crippen molar-refractivity contribution < 1.29 is 9.53 Å². The average Bonchev–Trinajstić information content (AvgIpc) is 2.29. The van der Waals surface area contributed by atoms with Crippen LogP contribution in [0.5, 0.6) is 0 Å². The molecular weight excluding hydrogens is 218 g/mol. The quantitative estimate of drug-likeness (QED) is 0.785. The second-order valence-corrected chi connectivity index (χ2v) is 4.42. The van der Waals surface area contributed by atoms with Gasteiger partial charge in [0.2, 0.25) is 0 Å². The average molecular weight is 235 g/mol. The zero-order valence-electron chi connectivity index (χ0n) is 10.1. The SMILES string of the molecule is CC1COCC(C)N1C(=O)c1ccc(N)nc1. The molecule has 0 aromatic carbocycles. The molecule has 2 unspecified atom stereocenters. The van der Waals surface area contributed by atoms with Crippen molar-refractivity contribution in [3.8, 4) is 0 Å². The van der Waals surface area contributed by atoms with E-state index in [9.17, 15) is 4.79 Å². The molecule has 2 atom stereocenters. The van der Waals surface area contributed by atoms with Crippen LogP contribution in [0.3, 0.4) is 0 Å². The highest BCUT2D eigenvalue weighted by molar-refractivity contribution is 5.94. The van der Waals surface area contributed by atoms with E-state index in [1.807, 2.05) is 18.7 Å². The molecule has 2 rings (SSSR count). The molecular formula is C12H17N3O2. The molecule has 0 saturated carbocycles. The van der Waals surface area contributed by atoms with Crippen molar-refractivity contribution >= 4 is 11.7 Å². The number of carbonyl (C=O) groups is 1. The summed E-state index contributed by atoms with van der Waals surface area (Å²) in [5.74, 6) is 0.408. The second-order valence-electron chi connectivity index (χ2n) is 4.42. The Morgan fingerprint density at radius 3 is 2.59 bits per heavy atom. The standard InChI is InChI=1S/C12H17N3O2/c1-8-6-17-7-9(2)15(8)12(16)10-3-4-11(13)14-5-10/h3-5,8-9H,6-7H2,1-2H3,(H2,13,14). The van der Waals surface area contributed by atoms with Gasteiger partial charge in [-0.15, -0.1) is 0 Å². The molecule has 0 spiro atoms. The summed E-state index contributed by atoms with van der Waals surface area (Å²) < 4.78 is 5.40. The monoisotopic (exact) mass is 235 g/mol. The Labute approximate surface area is 101 Å². The molecule has 92 valence electrons. The number of anilines is 1. The van der Waals surface area contributed by atoms with Gasteiger partial charge in [0.15, 0.2) is 0 Å². The fourth-order valence-corrected chi connectivity index (χ4v) is 2.09. The van der Waals surface area contributed by atoms with Crippen LogP contribution in [-0.2, 0) is 4.74 Å². The van der Waals surface area contributed by atoms with Crippen LogP contribution < -0.4 is 5.73 Å². The van der Waals surface area contributed by atoms with Crippen molar-refractivity contribution in [1.82, 2.24) is 9.88 Å². The van der Waals surface area contributed by atoms with Crippen molar-refractivity contribution in [2.24, 2.45) is 0 Å². The Hall–Kier alpha value is -1.62. The van der Waals surface area contributed by atoms with Gasteiger partial charge in [-0.25, -0.2) is 4.98 Å². The summed E-state index contributed by atoms with van der Waals surface area (Å²) >= 11 is 0. The van der Waals surface area contributed by atoms with Gasteiger partial charge in [0, 0.05) is 6.20 Å². The minimum atomic E-state index is -0.0131. The molecule has 1 aromatic heterocycles. The van der Waals surface area contributed by atoms with Gasteiger partial charge < -0.3 is 15.4 Å². The van der Waals surface area contributed by atoms with E-state index in [2.05, 4.69) is 4.98 Å². The van der Waals surface area contributed by atoms with Gasteiger partial charge in [0.25, 0.3) is 5.91 Å². The fourth-order valence-electron chi connectivity index (χ4n) is 2.09. The summed E-state index contributed by atoms with van der Waals surface area (Å²) in [5.41, 5.74) is 6.07. The zero-order valence-corrected chi connectivity index (χ0v) is 10.1. The topological polar surface area (TPSA) is 68.5 Å². The highest BCUT2D eigenvalue weighted by Crippen LogP contribution is 2.17. The van der Waals surface area contributed by atoms with Crippen LogP contribution in [0, 0.1) is 0 Å². The number of nitrogens with zero attached hydrogens (tertiary/aromatic N) is 2. The van der Waals surface area contributed by atoms with Gasteiger partial charge in [0.1, 0.15) is 5.82 Å². The largest absolute Gasteiger partial charge is 0.384 e. The number of carbonyl (C=O) groups excluding carboxylic acids is 1. The third-order valence-electron chi connectivity index (χ3n) is 2.94. The number of rotatable bonds is 1. The van der Waals surface area contributed by atoms with E-state index < -0.39 is 0 Å². The molecule has 1 fully saturated rings. The van der Waals surface area contributed by atoms with E-state index in [1.54, 1.807) is 12.1 Å². The first-order chi connectivity index (χ1) is 8.09. The number of nitrogen functional groups attached to an aromatic ring is 1. The highest BCUT2D eigenvalue weighted by atomic mass is 16.5. The number of hydrogen-bond acceptors (Lipinski definition) is 4. The highest BCUT2D eigenvalue weighted by Gasteiger charge is 2.30. The van der Waals surface area contributed by atoms with Crippen LogP contribution in [0.1, 0.15) is 24.2 Å². The maximum Gasteiger partial charge on any atom is 0.256 e. The van der Waals surface area contributed by atoms with Crippen molar-refractivity contribution in [3.05, 3.63) is 23.9 Å². The molecule has 1 saturated heterocycles. The number of ether oxygens (including phenoxy) is 1. The van der Waals surface area contributed by atoms with Gasteiger partial charge in [-0.1, -0.05) is 0 Å². The van der Waals surface area contributed by atoms with Crippen LogP contribution in [0.4, 0.5) is 5.82 Å². The number of amides is 1. The van der Waals surface area contributed by atoms with Crippen LogP contribution >= 0.6 is 0 Å². The van der Waals surface area contributed by atoms with E-state index in [1.165, 1.54) is 6.20 Å². The lowest BCUT2D eigenvalue weighted by molar-refractivity contribution is -0.0249. The van der Waals surface area contributed by atoms with E-state index in [0.717, 1.165) is 0 Å². The van der Waals surface area contributed by atoms with E-state index in [4.69, 9.17) is 10.5 Å². The molecule has 0 bridgehead atoms. The number of hydrogen-bond donors (Lipinski definition) is 1. The summed E-state index contributed by atoms with van der Waals surface area (Å²) in [6.45, 7) is 5.13. The molecule has 2 heterocycles. The van der Waals surface area contributed by atoms with Crippen LogP contribution in [-0.4, -0.2) is 41.1 Å². The Morgan fingerprint density at radius 1 is 1.41 bits per heavy atom. The van der Waals surface area contributed by atoms with Gasteiger partial charge in [-0.05, 0) is 26.0 Å². The maximum absolute atomic E-state index is 12.3. The summed E-state index contributed by atoms with van der Waals surface area (Å²) in [6, 6.07) is 3.52. The third kappa shape index (κ3) is 2.39. The van der Waals surface area contributed by atoms with E-state index >= 15 is 0 Å². The van der Waals surface area contributed by atoms with Crippen molar-refractivity contribution in [2.75, 3.05) is 18.9 Å². The first-order valence-corrected chi connectivity index (χ1v) is 5.71. The molecule has 5 nitrogen and oxygen atoms in total. The predicted molar refractivity (Wildman–Crippen MR) is 64.6 cm³/mol. The van der Waals surface area contributed by atoms with Crippen molar-refractivity contribution in [3.63, 3.8) is 0 Å². The summed E-state index contributed by atoms with van der Waals surface area (Å²) in [5, 5.41) is 0. The third-order valence-corrected chi connectivity index (χ3v) is 2.94. The lowest BCUT2D eigenvalue weighted by Gasteiger charge is -2.38. The lowest BCUT2D eigenvalue weighted by Crippen LogP contribution is -2.52. The first kappa shape index (κ1) is 11.9. The summed E-state index contributed by atoms with van der Waals surface area (Å²) in [7, 11) is 0. The van der Waals surface area contributed by atoms with E-state index in [0.29, 0.717) is 24.6 Å². The minimum absolute atomic E-state index is 0.0131. The van der Waals surface area contributed by atoms with Gasteiger partial charge >= 0.3 is 0 Å². The molecule has 1 amide bonds. The van der Waals surface area contributed by atoms with E-state index in [-0.39, 0.29) is 18.0 Å². The lowest BCUT2D eigenvalue weighted by atomic mass is 10.1. The summed E-state index contributed by atoms with van der Waals surface area (Å²) in [6.07, 6.45) is 1.52. The molecule has 1 aliphatic heterocycles. The number of pyridine rings is 1. The molecule has 1 aromatic rings. The normalized spacial score (nSPS) is 24.7. The van der Waals surface area contributed by atoms with Gasteiger partial charge in [-0.3, -0.25) is 4.79 Å². The smallest absolute Gasteiger partial charge is 0.256 e. The Kier molecular flexibility index (Phi) is 3.28. The van der Waals surface area contributed by atoms with Gasteiger partial charge in [-0.2, -0.15) is 0 Å². The van der Waals surface area contributed by atoms with Crippen molar-refractivity contribution in [2.45, 2.75) is 25.9 Å². The zero-order chi connectivity index (χ0) is 12.4. The molecule has 1 aliphatic rings. The maximum atomic E-state index is 12.3. The fraction of sp³-hybridized carbons (Fsp3) is 0.500. The van der Waals surface area contributed by atoms with Crippen LogP contribution in [0.15, 0.2) is 18.3 Å². The molecule has 2 N–H and O–H groups in total.